The van der Waals surface area contributed by atoms with Gasteiger partial charge in [0.1, 0.15) is 0 Å². The zero-order chi connectivity index (χ0) is 20.3. The Labute approximate surface area is 182 Å². The van der Waals surface area contributed by atoms with E-state index in [0.717, 1.165) is 13.1 Å². The van der Waals surface area contributed by atoms with E-state index in [0.29, 0.717) is 0 Å². The first kappa shape index (κ1) is 23.1. The molecular formula is C21H30Br2CoN3. The average Bonchev–Trinajstić information content (AvgIpc) is 2.52. The quantitative estimate of drug-likeness (QED) is 0.493. The molecular weight excluding hydrogens is 513 g/mol. The van der Waals surface area contributed by atoms with Gasteiger partial charge in [-0.15, -0.1) is 0 Å². The molecule has 0 heterocycles. The summed E-state index contributed by atoms with van der Waals surface area (Å²) in [4.78, 5) is 0. The maximum absolute atomic E-state index is 6.65. The van der Waals surface area contributed by atoms with E-state index in [9.17, 15) is 0 Å². The minimum absolute atomic E-state index is 0.0573. The van der Waals surface area contributed by atoms with Gasteiger partial charge in [-0.3, -0.25) is 0 Å². The third kappa shape index (κ3) is 5.89. The molecule has 0 aliphatic carbocycles. The van der Waals surface area contributed by atoms with Crippen molar-refractivity contribution >= 4 is 28.3 Å². The molecule has 2 rings (SSSR count). The van der Waals surface area contributed by atoms with Crippen LogP contribution in [0.3, 0.4) is 0 Å². The summed E-state index contributed by atoms with van der Waals surface area (Å²) in [6, 6.07) is 10.6. The predicted octanol–water partition coefficient (Wildman–Crippen LogP) is 5.38. The molecule has 2 unspecified atom stereocenters. The van der Waals surface area contributed by atoms with Crippen molar-refractivity contribution in [2.45, 2.75) is 46.7 Å². The zero-order valence-electron chi connectivity index (χ0n) is 16.6. The van der Waals surface area contributed by atoms with Crippen molar-refractivity contribution in [1.82, 2.24) is 3.95 Å². The van der Waals surface area contributed by atoms with Gasteiger partial charge in [-0.25, -0.2) is 0 Å². The van der Waals surface area contributed by atoms with Crippen molar-refractivity contribution in [3.8, 4) is 0 Å². The molecule has 2 atom stereocenters. The van der Waals surface area contributed by atoms with Crippen LogP contribution >= 0.6 is 28.3 Å². The summed E-state index contributed by atoms with van der Waals surface area (Å²) in [5, 5.41) is 0. The maximum atomic E-state index is 6.65. The van der Waals surface area contributed by atoms with Crippen molar-refractivity contribution in [3.63, 3.8) is 0 Å². The van der Waals surface area contributed by atoms with Crippen LogP contribution in [-0.2, 0) is 10.3 Å². The number of rotatable bonds is 7. The molecule has 0 bridgehead atoms. The van der Waals surface area contributed by atoms with Crippen molar-refractivity contribution in [2.75, 3.05) is 13.1 Å². The SMILES string of the molecule is Cc1cc(C)c(C(N)C[N](CC(N)c2c(C)cccc2C)[Co]([Br])[Br])c(C)c1. The first-order valence-corrected chi connectivity index (χ1v) is 14.6. The molecule has 0 amide bonds. The molecule has 0 saturated carbocycles. The monoisotopic (exact) mass is 541 g/mol. The standard InChI is InChI=1S/C21H30N3.2BrH.Co/c1-13-9-16(4)21(17(5)10-13)19(23)12-24-11-18(22)20-14(2)7-6-8-15(20)3;;;/h6-10,18-19H,11-12,22-23H2,1-5H3;2*1H;/q-1;;;+3/p-2. The van der Waals surface area contributed by atoms with Crippen LogP contribution in [0.4, 0.5) is 0 Å². The minimum atomic E-state index is -0.632. The van der Waals surface area contributed by atoms with E-state index in [1.165, 1.54) is 38.9 Å². The Morgan fingerprint density at radius 1 is 0.815 bits per heavy atom. The van der Waals surface area contributed by atoms with E-state index in [4.69, 9.17) is 11.5 Å². The number of benzene rings is 2. The summed E-state index contributed by atoms with van der Waals surface area (Å²) >= 11 is 7.45. The number of hydrogen-bond acceptors (Lipinski definition) is 3. The van der Waals surface area contributed by atoms with Crippen molar-refractivity contribution in [2.24, 2.45) is 11.5 Å². The van der Waals surface area contributed by atoms with Crippen LogP contribution in [0.1, 0.15) is 51.0 Å². The van der Waals surface area contributed by atoms with Crippen LogP contribution in [0.5, 0.6) is 0 Å². The summed E-state index contributed by atoms with van der Waals surface area (Å²) < 4.78 is 2.31. The molecule has 27 heavy (non-hydrogen) atoms. The number of nitrogens with two attached hydrogens (primary N) is 2. The van der Waals surface area contributed by atoms with Crippen LogP contribution in [0.2, 0.25) is 0 Å². The Bertz CT molecular complexity index is 752. The van der Waals surface area contributed by atoms with Gasteiger partial charge < -0.3 is 0 Å². The molecule has 0 aliphatic heterocycles. The molecule has 6 heteroatoms. The van der Waals surface area contributed by atoms with Gasteiger partial charge in [-0.2, -0.15) is 0 Å². The van der Waals surface area contributed by atoms with E-state index in [1.807, 2.05) is 0 Å². The third-order valence-corrected chi connectivity index (χ3v) is 8.59. The van der Waals surface area contributed by atoms with E-state index in [-0.39, 0.29) is 12.1 Å². The fourth-order valence-electron chi connectivity index (χ4n) is 3.95. The summed E-state index contributed by atoms with van der Waals surface area (Å²) in [6.45, 7) is 12.2. The zero-order valence-corrected chi connectivity index (χ0v) is 20.9. The second kappa shape index (κ2) is 10.0. The van der Waals surface area contributed by atoms with E-state index >= 15 is 0 Å². The molecule has 0 aromatic heterocycles. The average molecular weight is 543 g/mol. The molecule has 2 aromatic carbocycles. The first-order valence-electron chi connectivity index (χ1n) is 8.99. The van der Waals surface area contributed by atoms with Crippen molar-refractivity contribution < 1.29 is 10.3 Å². The number of nitrogens with zero attached hydrogens (tertiary/aromatic N) is 1. The summed E-state index contributed by atoms with van der Waals surface area (Å²) in [5.41, 5.74) is 22.0. The Kier molecular flexibility index (Phi) is 8.55. The summed E-state index contributed by atoms with van der Waals surface area (Å²) in [5.74, 6) is 0. The van der Waals surface area contributed by atoms with Gasteiger partial charge in [0.15, 0.2) is 0 Å². The normalized spacial score (nSPS) is 14.4. The van der Waals surface area contributed by atoms with Crippen LogP contribution in [0.15, 0.2) is 30.3 Å². The Hall–Kier alpha value is -0.214. The van der Waals surface area contributed by atoms with Gasteiger partial charge in [0.2, 0.25) is 0 Å². The third-order valence-electron chi connectivity index (χ3n) is 4.95. The van der Waals surface area contributed by atoms with Crippen LogP contribution in [0.25, 0.3) is 0 Å². The predicted molar refractivity (Wildman–Crippen MR) is 120 cm³/mol. The molecule has 0 fully saturated rings. The van der Waals surface area contributed by atoms with Crippen LogP contribution in [-0.4, -0.2) is 17.0 Å². The van der Waals surface area contributed by atoms with Gasteiger partial charge >= 0.3 is 183 Å². The second-order valence-electron chi connectivity index (χ2n) is 7.29. The second-order valence-corrected chi connectivity index (χ2v) is 15.5. The molecule has 152 valence electrons. The first-order chi connectivity index (χ1) is 12.6. The summed E-state index contributed by atoms with van der Waals surface area (Å²) in [7, 11) is -0.632. The van der Waals surface area contributed by atoms with E-state index < -0.39 is 10.3 Å². The molecule has 0 aliphatic rings. The summed E-state index contributed by atoms with van der Waals surface area (Å²) in [6.07, 6.45) is 0. The number of aryl methyl sites for hydroxylation is 5. The fourth-order valence-corrected chi connectivity index (χ4v) is 6.24. The Morgan fingerprint density at radius 3 is 1.63 bits per heavy atom. The Morgan fingerprint density at radius 2 is 1.22 bits per heavy atom. The fraction of sp³-hybridized carbons (Fsp3) is 0.429. The van der Waals surface area contributed by atoms with E-state index in [1.54, 1.807) is 0 Å². The van der Waals surface area contributed by atoms with Crippen LogP contribution < -0.4 is 11.5 Å². The number of halogens is 2. The molecule has 0 radical (unpaired) electrons. The van der Waals surface area contributed by atoms with Crippen LogP contribution in [0, 0.1) is 34.6 Å². The van der Waals surface area contributed by atoms with Gasteiger partial charge in [0, 0.05) is 0 Å². The van der Waals surface area contributed by atoms with Gasteiger partial charge in [0.05, 0.1) is 0 Å². The Balaban J connectivity index is 2.21. The van der Waals surface area contributed by atoms with Crippen molar-refractivity contribution in [1.29, 1.82) is 0 Å². The van der Waals surface area contributed by atoms with Gasteiger partial charge in [-0.1, -0.05) is 0 Å². The number of hydrogen-bond donors (Lipinski definition) is 2. The van der Waals surface area contributed by atoms with Crippen molar-refractivity contribution in [3.05, 3.63) is 69.3 Å². The molecule has 4 N–H and O–H groups in total. The van der Waals surface area contributed by atoms with Gasteiger partial charge in [-0.05, 0) is 0 Å². The van der Waals surface area contributed by atoms with Gasteiger partial charge in [0.25, 0.3) is 0 Å². The molecule has 0 spiro atoms. The molecule has 0 saturated heterocycles. The molecule has 2 aromatic rings. The molecule has 3 nitrogen and oxygen atoms in total. The van der Waals surface area contributed by atoms with E-state index in [2.05, 4.69) is 97.2 Å². The topological polar surface area (TPSA) is 55.3 Å².